The number of fused-ring (bicyclic) bond motifs is 1. The largest absolute Gasteiger partial charge is 0.368 e. The first-order valence-corrected chi connectivity index (χ1v) is 10.4. The number of nitrogens with one attached hydrogen (secondary N) is 1. The van der Waals surface area contributed by atoms with E-state index in [1.807, 2.05) is 41.4 Å². The van der Waals surface area contributed by atoms with E-state index in [0.717, 1.165) is 22.5 Å². The van der Waals surface area contributed by atoms with Gasteiger partial charge in [-0.3, -0.25) is 4.79 Å². The summed E-state index contributed by atoms with van der Waals surface area (Å²) in [7, 11) is 0. The van der Waals surface area contributed by atoms with E-state index in [-0.39, 0.29) is 12.0 Å². The molecule has 0 saturated carbocycles. The number of morpholine rings is 1. The van der Waals surface area contributed by atoms with Crippen molar-refractivity contribution in [1.82, 2.24) is 24.8 Å². The molecule has 1 N–H and O–H groups in total. The van der Waals surface area contributed by atoms with Gasteiger partial charge in [0.15, 0.2) is 0 Å². The van der Waals surface area contributed by atoms with Crippen LogP contribution in [-0.2, 0) is 16.0 Å². The third kappa shape index (κ3) is 4.18. The minimum Gasteiger partial charge on any atom is -0.368 e. The van der Waals surface area contributed by atoms with Gasteiger partial charge >= 0.3 is 0 Å². The smallest absolute Gasteiger partial charge is 0.223 e. The third-order valence-corrected chi connectivity index (χ3v) is 5.66. The zero-order chi connectivity index (χ0) is 21.0. The van der Waals surface area contributed by atoms with Gasteiger partial charge in [-0.05, 0) is 30.2 Å². The third-order valence-electron chi connectivity index (χ3n) is 5.66. The zero-order valence-electron chi connectivity index (χ0n) is 17.1. The second-order valence-corrected chi connectivity index (χ2v) is 7.63. The minimum absolute atomic E-state index is 0.145. The first-order valence-electron chi connectivity index (χ1n) is 10.4. The molecule has 1 saturated heterocycles. The number of H-pyrrole nitrogens is 1. The van der Waals surface area contributed by atoms with Crippen LogP contribution in [0.1, 0.15) is 23.8 Å². The molecule has 7 nitrogen and oxygen atoms in total. The summed E-state index contributed by atoms with van der Waals surface area (Å²) in [5.41, 5.74) is 4.74. The molecule has 7 heteroatoms. The summed E-state index contributed by atoms with van der Waals surface area (Å²) in [6.07, 6.45) is 7.93. The van der Waals surface area contributed by atoms with Crippen LogP contribution in [0.2, 0.25) is 0 Å². The Hall–Kier alpha value is -3.58. The highest BCUT2D eigenvalue weighted by molar-refractivity contribution is 5.84. The molecule has 0 bridgehead atoms. The van der Waals surface area contributed by atoms with E-state index in [9.17, 15) is 4.79 Å². The van der Waals surface area contributed by atoms with Gasteiger partial charge in [-0.25, -0.2) is 15.0 Å². The number of aromatic amines is 1. The van der Waals surface area contributed by atoms with Crippen molar-refractivity contribution in [3.63, 3.8) is 0 Å². The Bertz CT molecular complexity index is 1190. The fraction of sp³-hybridized carbons (Fsp3) is 0.250. The lowest BCUT2D eigenvalue weighted by atomic mass is 10.1. The molecule has 0 aliphatic carbocycles. The number of benzene rings is 1. The van der Waals surface area contributed by atoms with Crippen molar-refractivity contribution in [3.8, 4) is 11.3 Å². The van der Waals surface area contributed by atoms with Crippen LogP contribution in [0.25, 0.3) is 22.2 Å². The van der Waals surface area contributed by atoms with Crippen molar-refractivity contribution >= 4 is 16.8 Å². The van der Waals surface area contributed by atoms with Gasteiger partial charge < -0.3 is 14.6 Å². The van der Waals surface area contributed by atoms with Crippen LogP contribution in [0.5, 0.6) is 0 Å². The summed E-state index contributed by atoms with van der Waals surface area (Å²) in [5, 5.41) is 1.18. The molecule has 1 aromatic carbocycles. The number of carbonyl (C=O) groups is 1. The van der Waals surface area contributed by atoms with Crippen LogP contribution in [0.3, 0.4) is 0 Å². The second-order valence-electron chi connectivity index (χ2n) is 7.63. The number of carbonyl (C=O) groups excluding carboxylic acids is 1. The molecule has 4 aromatic rings. The number of nitrogens with zero attached hydrogens (tertiary/aromatic N) is 4. The second kappa shape index (κ2) is 8.65. The molecule has 1 atom stereocenters. The molecular formula is C24H23N5O2. The van der Waals surface area contributed by atoms with Gasteiger partial charge in [-0.15, -0.1) is 0 Å². The molecule has 3 aromatic heterocycles. The van der Waals surface area contributed by atoms with Gasteiger partial charge in [0.05, 0.1) is 24.5 Å². The Labute approximate surface area is 180 Å². The van der Waals surface area contributed by atoms with Crippen LogP contribution in [0, 0.1) is 0 Å². The molecule has 1 amide bonds. The molecule has 4 heterocycles. The maximum absolute atomic E-state index is 12.9. The summed E-state index contributed by atoms with van der Waals surface area (Å²) in [6.45, 7) is 1.62. The lowest BCUT2D eigenvalue weighted by Crippen LogP contribution is -2.42. The summed E-state index contributed by atoms with van der Waals surface area (Å²) < 4.78 is 5.95. The predicted molar refractivity (Wildman–Crippen MR) is 117 cm³/mol. The molecule has 31 heavy (non-hydrogen) atoms. The van der Waals surface area contributed by atoms with Crippen LogP contribution in [0.4, 0.5) is 0 Å². The van der Waals surface area contributed by atoms with Gasteiger partial charge in [0, 0.05) is 48.0 Å². The van der Waals surface area contributed by atoms with Gasteiger partial charge in [0.2, 0.25) is 5.91 Å². The molecule has 1 aliphatic heterocycles. The predicted octanol–water partition coefficient (Wildman–Crippen LogP) is 3.55. The quantitative estimate of drug-likeness (QED) is 0.541. The number of ether oxygens (including phenoxy) is 1. The van der Waals surface area contributed by atoms with E-state index in [4.69, 9.17) is 9.72 Å². The highest BCUT2D eigenvalue weighted by Crippen LogP contribution is 2.25. The molecule has 0 spiro atoms. The number of para-hydroxylation sites is 1. The number of amides is 1. The van der Waals surface area contributed by atoms with Crippen LogP contribution < -0.4 is 0 Å². The number of aromatic nitrogens is 4. The topological polar surface area (TPSA) is 84.0 Å². The summed E-state index contributed by atoms with van der Waals surface area (Å²) in [6, 6.07) is 14.0. The lowest BCUT2D eigenvalue weighted by Gasteiger charge is -2.33. The molecule has 156 valence electrons. The van der Waals surface area contributed by atoms with E-state index in [2.05, 4.69) is 27.1 Å². The lowest BCUT2D eigenvalue weighted by molar-refractivity contribution is -0.139. The highest BCUT2D eigenvalue weighted by atomic mass is 16.5. The van der Waals surface area contributed by atoms with Crippen molar-refractivity contribution in [2.45, 2.75) is 18.9 Å². The van der Waals surface area contributed by atoms with Gasteiger partial charge in [0.25, 0.3) is 0 Å². The average molecular weight is 413 g/mol. The Morgan fingerprint density at radius 3 is 2.90 bits per heavy atom. The van der Waals surface area contributed by atoms with Crippen LogP contribution in [-0.4, -0.2) is 50.4 Å². The number of aryl methyl sites for hydroxylation is 1. The summed E-state index contributed by atoms with van der Waals surface area (Å²) in [5.74, 6) is 0.145. The standard InChI is InChI=1S/C24H23N5O2/c30-24(9-8-17-14-27-21-5-2-1-4-19(17)21)29-10-11-31-23(15-29)22-7-3-6-20(28-22)18-12-25-16-26-13-18/h1-7,12-14,16,23,27H,8-11,15H2/t23-/m0/s1. The van der Waals surface area contributed by atoms with Crippen LogP contribution >= 0.6 is 0 Å². The highest BCUT2D eigenvalue weighted by Gasteiger charge is 2.26. The monoisotopic (exact) mass is 413 g/mol. The van der Waals surface area contributed by atoms with Gasteiger partial charge in [0.1, 0.15) is 12.4 Å². The Morgan fingerprint density at radius 1 is 1.13 bits per heavy atom. The first-order chi connectivity index (χ1) is 15.3. The fourth-order valence-corrected chi connectivity index (χ4v) is 4.02. The minimum atomic E-state index is -0.240. The Balaban J connectivity index is 1.25. The molecular weight excluding hydrogens is 390 g/mol. The zero-order valence-corrected chi connectivity index (χ0v) is 17.1. The summed E-state index contributed by atoms with van der Waals surface area (Å²) in [4.78, 5) is 30.9. The van der Waals surface area contributed by atoms with E-state index in [0.29, 0.717) is 32.5 Å². The number of hydrogen-bond acceptors (Lipinski definition) is 5. The van der Waals surface area contributed by atoms with Crippen molar-refractivity contribution in [2.75, 3.05) is 19.7 Å². The van der Waals surface area contributed by atoms with Crippen LogP contribution in [0.15, 0.2) is 67.4 Å². The fourth-order valence-electron chi connectivity index (χ4n) is 4.02. The van der Waals surface area contributed by atoms with E-state index >= 15 is 0 Å². The van der Waals surface area contributed by atoms with E-state index in [1.165, 1.54) is 17.3 Å². The molecule has 1 fully saturated rings. The molecule has 5 rings (SSSR count). The van der Waals surface area contributed by atoms with Crippen molar-refractivity contribution in [3.05, 3.63) is 78.6 Å². The Kier molecular flexibility index (Phi) is 5.41. The average Bonchev–Trinajstić information content (AvgIpc) is 3.26. The number of hydrogen-bond donors (Lipinski definition) is 1. The van der Waals surface area contributed by atoms with Gasteiger partial charge in [-0.2, -0.15) is 0 Å². The Morgan fingerprint density at radius 2 is 2.00 bits per heavy atom. The SMILES string of the molecule is O=C(CCc1c[nH]c2ccccc12)N1CCO[C@H](c2cccc(-c3cncnc3)n2)C1. The normalized spacial score (nSPS) is 16.5. The van der Waals surface area contributed by atoms with Crippen molar-refractivity contribution < 1.29 is 9.53 Å². The van der Waals surface area contributed by atoms with Gasteiger partial charge in [-0.1, -0.05) is 24.3 Å². The van der Waals surface area contributed by atoms with E-state index < -0.39 is 0 Å². The molecule has 0 radical (unpaired) electrons. The molecule has 1 aliphatic rings. The maximum atomic E-state index is 12.9. The number of pyridine rings is 1. The number of rotatable bonds is 5. The first kappa shape index (κ1) is 19.4. The van der Waals surface area contributed by atoms with Crippen molar-refractivity contribution in [1.29, 1.82) is 0 Å². The molecule has 0 unspecified atom stereocenters. The van der Waals surface area contributed by atoms with E-state index in [1.54, 1.807) is 12.4 Å². The maximum Gasteiger partial charge on any atom is 0.223 e. The summed E-state index contributed by atoms with van der Waals surface area (Å²) >= 11 is 0. The van der Waals surface area contributed by atoms with Crippen molar-refractivity contribution in [2.24, 2.45) is 0 Å².